The zero-order valence-corrected chi connectivity index (χ0v) is 18.3. The molecule has 4 aliphatic carbocycles. The Kier molecular flexibility index (Phi) is 3.87. The monoisotopic (exact) mass is 395 g/mol. The van der Waals surface area contributed by atoms with E-state index < -0.39 is 6.10 Å². The number of ether oxygens (including phenoxy) is 1. The Balaban J connectivity index is 1.10. The summed E-state index contributed by atoms with van der Waals surface area (Å²) >= 11 is 0. The second kappa shape index (κ2) is 6.01. The Bertz CT molecular complexity index is 801. The lowest BCUT2D eigenvalue weighted by Crippen LogP contribution is -2.71. The van der Waals surface area contributed by atoms with Gasteiger partial charge in [0.15, 0.2) is 0 Å². The first kappa shape index (κ1) is 18.7. The Morgan fingerprint density at radius 1 is 1.00 bits per heavy atom. The van der Waals surface area contributed by atoms with Gasteiger partial charge < -0.3 is 14.7 Å². The van der Waals surface area contributed by atoms with Gasteiger partial charge in [-0.25, -0.2) is 0 Å². The van der Waals surface area contributed by atoms with Gasteiger partial charge in [-0.05, 0) is 103 Å². The van der Waals surface area contributed by atoms with Crippen LogP contribution in [-0.2, 0) is 5.41 Å². The van der Waals surface area contributed by atoms with E-state index in [4.69, 9.17) is 4.74 Å². The highest BCUT2D eigenvalue weighted by atomic mass is 16.5. The largest absolute Gasteiger partial charge is 0.491 e. The molecule has 6 rings (SSSR count). The van der Waals surface area contributed by atoms with Crippen molar-refractivity contribution in [2.45, 2.75) is 76.7 Å². The lowest BCUT2D eigenvalue weighted by molar-refractivity contribution is -0.301. The van der Waals surface area contributed by atoms with Gasteiger partial charge in [0, 0.05) is 6.54 Å². The normalized spacial score (nSPS) is 46.0. The van der Waals surface area contributed by atoms with Crippen molar-refractivity contribution in [2.75, 3.05) is 26.2 Å². The van der Waals surface area contributed by atoms with Crippen LogP contribution in [0, 0.1) is 22.2 Å². The molecule has 1 aromatic rings. The van der Waals surface area contributed by atoms with E-state index in [1.807, 2.05) is 0 Å². The van der Waals surface area contributed by atoms with Crippen molar-refractivity contribution in [3.05, 3.63) is 29.8 Å². The molecule has 6 atom stereocenters. The highest BCUT2D eigenvalue weighted by molar-refractivity contribution is 5.44. The number of likely N-dealkylation sites (tertiary alicyclic amines) is 1. The number of β-amino-alcohol motifs (C(OH)–C–C–N with tert-alkyl or cyclic N) is 1. The maximum Gasteiger partial charge on any atom is 0.119 e. The van der Waals surface area contributed by atoms with Gasteiger partial charge in [0.2, 0.25) is 0 Å². The predicted molar refractivity (Wildman–Crippen MR) is 115 cm³/mol. The number of hydrogen-bond donors (Lipinski definition) is 1. The Morgan fingerprint density at radius 3 is 2.41 bits per heavy atom. The van der Waals surface area contributed by atoms with Crippen LogP contribution in [0.3, 0.4) is 0 Å². The Hall–Kier alpha value is -1.06. The lowest BCUT2D eigenvalue weighted by Gasteiger charge is -2.78. The summed E-state index contributed by atoms with van der Waals surface area (Å²) in [6.07, 6.45) is 10.6. The summed E-state index contributed by atoms with van der Waals surface area (Å²) in [5.74, 6) is 1.87. The zero-order valence-electron chi connectivity index (χ0n) is 18.3. The number of aliphatic hydroxyl groups is 1. The van der Waals surface area contributed by atoms with Gasteiger partial charge in [0.1, 0.15) is 18.5 Å². The first-order valence-corrected chi connectivity index (χ1v) is 12.0. The number of rotatable bonds is 6. The standard InChI is InChI=1S/C26H37NO2/c1-23-12-20-13-25(17-24(2,16-23)26(20,23)18-25)19-6-8-22(9-7-19)29-15-21(28)14-27-10-4-3-5-11-27/h6-9,20-21,28H,3-5,10-18H2,1-2H3. The molecule has 1 saturated heterocycles. The molecule has 4 saturated carbocycles. The predicted octanol–water partition coefficient (Wildman–Crippen LogP) is 4.77. The van der Waals surface area contributed by atoms with Gasteiger partial charge in [-0.3, -0.25) is 0 Å². The molecule has 5 fully saturated rings. The van der Waals surface area contributed by atoms with Crippen molar-refractivity contribution in [3.8, 4) is 5.75 Å². The molecule has 158 valence electrons. The molecule has 3 nitrogen and oxygen atoms in total. The molecule has 6 unspecified atom stereocenters. The van der Waals surface area contributed by atoms with E-state index in [-0.39, 0.29) is 0 Å². The van der Waals surface area contributed by atoms with E-state index >= 15 is 0 Å². The zero-order chi connectivity index (χ0) is 19.9. The summed E-state index contributed by atoms with van der Waals surface area (Å²) in [5.41, 5.74) is 3.86. The second-order valence-corrected chi connectivity index (χ2v) is 11.9. The van der Waals surface area contributed by atoms with Crippen LogP contribution in [0.1, 0.15) is 70.8 Å². The van der Waals surface area contributed by atoms with Crippen LogP contribution in [0.4, 0.5) is 0 Å². The summed E-state index contributed by atoms with van der Waals surface area (Å²) in [6, 6.07) is 8.97. The van der Waals surface area contributed by atoms with Crippen LogP contribution >= 0.6 is 0 Å². The van der Waals surface area contributed by atoms with E-state index in [1.165, 1.54) is 51.4 Å². The summed E-state index contributed by atoms with van der Waals surface area (Å²) in [4.78, 5) is 2.37. The van der Waals surface area contributed by atoms with Gasteiger partial charge in [-0.15, -0.1) is 0 Å². The van der Waals surface area contributed by atoms with E-state index in [1.54, 1.807) is 5.56 Å². The fourth-order valence-electron chi connectivity index (χ4n) is 9.53. The van der Waals surface area contributed by atoms with Crippen molar-refractivity contribution >= 4 is 0 Å². The molecule has 1 spiro atoms. The highest BCUT2D eigenvalue weighted by Gasteiger charge is 2.86. The maximum atomic E-state index is 10.4. The molecule has 0 amide bonds. The third kappa shape index (κ3) is 2.38. The molecule has 0 aromatic heterocycles. The number of aliphatic hydroxyl groups excluding tert-OH is 1. The number of piperidine rings is 1. The fourth-order valence-corrected chi connectivity index (χ4v) is 9.53. The third-order valence-corrected chi connectivity index (χ3v) is 10.1. The molecular weight excluding hydrogens is 358 g/mol. The Labute approximate surface area is 175 Å². The smallest absolute Gasteiger partial charge is 0.119 e. The quantitative estimate of drug-likeness (QED) is 0.753. The van der Waals surface area contributed by atoms with Crippen molar-refractivity contribution in [3.63, 3.8) is 0 Å². The second-order valence-electron chi connectivity index (χ2n) is 11.9. The van der Waals surface area contributed by atoms with Crippen LogP contribution < -0.4 is 4.74 Å². The SMILES string of the molecule is CC12CC3CC4(c5ccc(OCC(O)CN6CCCCC6)cc5)CC(C)(C1)C32C4. The number of fused-ring (bicyclic) bond motifs is 1. The van der Waals surface area contributed by atoms with Crippen molar-refractivity contribution in [1.82, 2.24) is 4.90 Å². The maximum absolute atomic E-state index is 10.4. The minimum absolute atomic E-state index is 0.391. The number of benzene rings is 1. The fraction of sp³-hybridized carbons (Fsp3) is 0.769. The molecule has 1 aliphatic heterocycles. The summed E-state index contributed by atoms with van der Waals surface area (Å²) in [6.45, 7) is 8.52. The van der Waals surface area contributed by atoms with Crippen LogP contribution in [0.15, 0.2) is 24.3 Å². The molecular formula is C26H37NO2. The molecule has 5 aliphatic rings. The molecule has 29 heavy (non-hydrogen) atoms. The molecule has 1 N–H and O–H groups in total. The van der Waals surface area contributed by atoms with E-state index in [9.17, 15) is 5.11 Å². The minimum atomic E-state index is -0.404. The molecule has 1 heterocycles. The van der Waals surface area contributed by atoms with Gasteiger partial charge in [-0.1, -0.05) is 32.4 Å². The van der Waals surface area contributed by atoms with Crippen LogP contribution in [0.25, 0.3) is 0 Å². The van der Waals surface area contributed by atoms with Crippen molar-refractivity contribution < 1.29 is 9.84 Å². The number of hydrogen-bond acceptors (Lipinski definition) is 3. The third-order valence-electron chi connectivity index (χ3n) is 10.1. The van der Waals surface area contributed by atoms with E-state index in [0.717, 1.165) is 31.3 Å². The topological polar surface area (TPSA) is 32.7 Å². The average molecular weight is 396 g/mol. The molecule has 3 heteroatoms. The van der Waals surface area contributed by atoms with Gasteiger partial charge >= 0.3 is 0 Å². The van der Waals surface area contributed by atoms with Gasteiger partial charge in [0.05, 0.1) is 0 Å². The van der Waals surface area contributed by atoms with Crippen LogP contribution in [-0.4, -0.2) is 42.4 Å². The molecule has 2 bridgehead atoms. The molecule has 1 aromatic carbocycles. The lowest BCUT2D eigenvalue weighted by atomic mass is 9.26. The first-order valence-electron chi connectivity index (χ1n) is 12.0. The van der Waals surface area contributed by atoms with Gasteiger partial charge in [-0.2, -0.15) is 0 Å². The summed E-state index contributed by atoms with van der Waals surface area (Å²) in [7, 11) is 0. The first-order chi connectivity index (χ1) is 13.9. The highest BCUT2D eigenvalue weighted by Crippen LogP contribution is 2.93. The van der Waals surface area contributed by atoms with E-state index in [0.29, 0.717) is 28.3 Å². The van der Waals surface area contributed by atoms with Gasteiger partial charge in [0.25, 0.3) is 0 Å². The number of nitrogens with zero attached hydrogens (tertiary/aromatic N) is 1. The minimum Gasteiger partial charge on any atom is -0.491 e. The molecule has 0 radical (unpaired) electrons. The van der Waals surface area contributed by atoms with Crippen molar-refractivity contribution in [1.29, 1.82) is 0 Å². The average Bonchev–Trinajstić information content (AvgIpc) is 3.14. The van der Waals surface area contributed by atoms with E-state index in [2.05, 4.69) is 43.0 Å². The Morgan fingerprint density at radius 2 is 1.76 bits per heavy atom. The van der Waals surface area contributed by atoms with Crippen LogP contribution in [0.5, 0.6) is 5.75 Å². The van der Waals surface area contributed by atoms with Crippen LogP contribution in [0.2, 0.25) is 0 Å². The summed E-state index contributed by atoms with van der Waals surface area (Å²) in [5, 5.41) is 10.4. The van der Waals surface area contributed by atoms with Crippen molar-refractivity contribution in [2.24, 2.45) is 22.2 Å². The summed E-state index contributed by atoms with van der Waals surface area (Å²) < 4.78 is 5.95.